The summed E-state index contributed by atoms with van der Waals surface area (Å²) in [5.41, 5.74) is 0. The molecule has 0 aliphatic heterocycles. The average Bonchev–Trinajstić information content (AvgIpc) is 3.17. The van der Waals surface area contributed by atoms with Gasteiger partial charge in [-0.1, -0.05) is 156 Å². The van der Waals surface area contributed by atoms with Gasteiger partial charge in [0.1, 0.15) is 13.2 Å². The summed E-state index contributed by atoms with van der Waals surface area (Å²) in [4.78, 5) is 28.2. The van der Waals surface area contributed by atoms with Gasteiger partial charge in [0.05, 0.1) is 25.0 Å². The first-order valence-corrected chi connectivity index (χ1v) is 23.4. The smallest absolute Gasteiger partial charge is 0.309 e. The summed E-state index contributed by atoms with van der Waals surface area (Å²) in [6.45, 7) is 14.7. The van der Waals surface area contributed by atoms with Crippen molar-refractivity contribution in [1.29, 1.82) is 0 Å². The van der Waals surface area contributed by atoms with Crippen LogP contribution in [0.15, 0.2) is 0 Å². The molecule has 8 nitrogen and oxygen atoms in total. The Balaban J connectivity index is 4.36. The van der Waals surface area contributed by atoms with Gasteiger partial charge in [-0.3, -0.25) is 9.59 Å². The number of aliphatic hydroxyl groups is 1. The molecule has 322 valence electrons. The third kappa shape index (κ3) is 35.2. The molecule has 0 aliphatic carbocycles. The molecule has 0 rings (SSSR count). The molecule has 54 heavy (non-hydrogen) atoms. The van der Waals surface area contributed by atoms with E-state index in [4.69, 9.17) is 18.9 Å². The Kier molecular flexibility index (Phi) is 41.9. The second-order valence-corrected chi connectivity index (χ2v) is 15.7. The summed E-state index contributed by atoms with van der Waals surface area (Å²) in [7, 11) is 0. The SMILES string of the molecule is CCCCCCCCC(CCCCCC)C(=O)OCCOCCCN(CCCCO)CCCOCCOC(=O)C(CCCCCC)CCCCCCCC. The fraction of sp³-hybridized carbons (Fsp3) is 0.957. The zero-order valence-electron chi connectivity index (χ0n) is 36.4. The van der Waals surface area contributed by atoms with Crippen molar-refractivity contribution in [3.63, 3.8) is 0 Å². The van der Waals surface area contributed by atoms with Crippen LogP contribution in [-0.4, -0.2) is 87.8 Å². The van der Waals surface area contributed by atoms with E-state index in [-0.39, 0.29) is 30.4 Å². The first-order valence-electron chi connectivity index (χ1n) is 23.4. The van der Waals surface area contributed by atoms with Crippen molar-refractivity contribution in [3.05, 3.63) is 0 Å². The van der Waals surface area contributed by atoms with Crippen molar-refractivity contribution in [2.75, 3.05) is 65.9 Å². The highest BCUT2D eigenvalue weighted by molar-refractivity contribution is 5.72. The maximum absolute atomic E-state index is 12.9. The minimum atomic E-state index is -0.0374. The Labute approximate surface area is 334 Å². The van der Waals surface area contributed by atoms with Gasteiger partial charge >= 0.3 is 11.9 Å². The van der Waals surface area contributed by atoms with Crippen LogP contribution in [0, 0.1) is 11.8 Å². The zero-order valence-corrected chi connectivity index (χ0v) is 36.4. The number of hydrogen-bond donors (Lipinski definition) is 1. The summed E-state index contributed by atoms with van der Waals surface area (Å²) >= 11 is 0. The Bertz CT molecular complexity index is 724. The molecular formula is C46H91NO7. The van der Waals surface area contributed by atoms with Crippen molar-refractivity contribution in [2.45, 2.75) is 207 Å². The quantitative estimate of drug-likeness (QED) is 0.0483. The summed E-state index contributed by atoms with van der Waals surface area (Å²) in [6.07, 6.45) is 31.7. The number of rotatable bonds is 44. The van der Waals surface area contributed by atoms with Crippen molar-refractivity contribution in [1.82, 2.24) is 4.90 Å². The average molecular weight is 770 g/mol. The van der Waals surface area contributed by atoms with Gasteiger partial charge < -0.3 is 29.0 Å². The summed E-state index contributed by atoms with van der Waals surface area (Å²) in [5, 5.41) is 9.28. The normalized spacial score (nSPS) is 12.7. The lowest BCUT2D eigenvalue weighted by Gasteiger charge is -2.22. The molecule has 2 unspecified atom stereocenters. The Morgan fingerprint density at radius 2 is 0.741 bits per heavy atom. The van der Waals surface area contributed by atoms with Gasteiger partial charge in [-0.25, -0.2) is 0 Å². The molecular weight excluding hydrogens is 679 g/mol. The number of aliphatic hydroxyl groups excluding tert-OH is 1. The first-order chi connectivity index (χ1) is 26.5. The minimum Gasteiger partial charge on any atom is -0.463 e. The topological polar surface area (TPSA) is 94.5 Å². The highest BCUT2D eigenvalue weighted by Crippen LogP contribution is 2.22. The highest BCUT2D eigenvalue weighted by atomic mass is 16.6. The molecule has 2 atom stereocenters. The number of unbranched alkanes of at least 4 members (excludes halogenated alkanes) is 17. The predicted octanol–water partition coefficient (Wildman–Crippen LogP) is 11.6. The molecule has 0 amide bonds. The van der Waals surface area contributed by atoms with Crippen LogP contribution in [0.3, 0.4) is 0 Å². The molecule has 0 aromatic heterocycles. The fourth-order valence-electron chi connectivity index (χ4n) is 7.14. The van der Waals surface area contributed by atoms with Gasteiger partial charge in [-0.2, -0.15) is 0 Å². The number of carbonyl (C=O) groups is 2. The van der Waals surface area contributed by atoms with Gasteiger partial charge in [0.25, 0.3) is 0 Å². The molecule has 0 fully saturated rings. The van der Waals surface area contributed by atoms with Crippen molar-refractivity contribution in [2.24, 2.45) is 11.8 Å². The number of hydrogen-bond acceptors (Lipinski definition) is 8. The van der Waals surface area contributed by atoms with Crippen molar-refractivity contribution < 1.29 is 33.6 Å². The molecule has 0 aromatic carbocycles. The number of ether oxygens (including phenoxy) is 4. The van der Waals surface area contributed by atoms with Crippen LogP contribution in [0.25, 0.3) is 0 Å². The maximum atomic E-state index is 12.9. The van der Waals surface area contributed by atoms with E-state index in [0.29, 0.717) is 39.6 Å². The molecule has 1 N–H and O–H groups in total. The first kappa shape index (κ1) is 52.8. The second kappa shape index (κ2) is 42.9. The minimum absolute atomic E-state index is 0.0247. The zero-order chi connectivity index (χ0) is 39.6. The standard InChI is InChI=1S/C46H91NO7/c1-5-9-13-17-19-23-31-43(29-21-15-11-7-3)45(49)53-41-39-51-37-27-34-47(33-25-26-36-48)35-28-38-52-40-42-54-46(50)44(30-22-16-12-8-4)32-24-20-18-14-10-6-2/h43-44,48H,5-42H2,1-4H3. The maximum Gasteiger partial charge on any atom is 0.309 e. The third-order valence-corrected chi connectivity index (χ3v) is 10.6. The molecule has 0 bridgehead atoms. The van der Waals surface area contributed by atoms with Gasteiger partial charge in [0.15, 0.2) is 0 Å². The van der Waals surface area contributed by atoms with Gasteiger partial charge in [0.2, 0.25) is 0 Å². The van der Waals surface area contributed by atoms with Gasteiger partial charge in [-0.05, 0) is 57.9 Å². The Morgan fingerprint density at radius 1 is 0.407 bits per heavy atom. The van der Waals surface area contributed by atoms with Crippen LogP contribution >= 0.6 is 0 Å². The summed E-state index contributed by atoms with van der Waals surface area (Å²) < 4.78 is 23.1. The Morgan fingerprint density at radius 3 is 1.11 bits per heavy atom. The van der Waals surface area contributed by atoms with Crippen LogP contribution in [0.5, 0.6) is 0 Å². The molecule has 0 aromatic rings. The van der Waals surface area contributed by atoms with E-state index in [9.17, 15) is 14.7 Å². The van der Waals surface area contributed by atoms with Crippen LogP contribution < -0.4 is 0 Å². The largest absolute Gasteiger partial charge is 0.463 e. The van der Waals surface area contributed by atoms with E-state index < -0.39 is 0 Å². The second-order valence-electron chi connectivity index (χ2n) is 15.7. The van der Waals surface area contributed by atoms with Gasteiger partial charge in [0, 0.05) is 32.9 Å². The van der Waals surface area contributed by atoms with E-state index in [1.165, 1.54) is 103 Å². The number of carbonyl (C=O) groups excluding carboxylic acids is 2. The molecule has 8 heteroatoms. The predicted molar refractivity (Wildman–Crippen MR) is 226 cm³/mol. The van der Waals surface area contributed by atoms with E-state index in [1.54, 1.807) is 0 Å². The third-order valence-electron chi connectivity index (χ3n) is 10.6. The molecule has 0 aliphatic rings. The Hall–Kier alpha value is -1.22. The lowest BCUT2D eigenvalue weighted by atomic mass is 9.94. The number of nitrogens with zero attached hydrogens (tertiary/aromatic N) is 1. The van der Waals surface area contributed by atoms with Crippen LogP contribution in [-0.2, 0) is 28.5 Å². The molecule has 0 saturated carbocycles. The van der Waals surface area contributed by atoms with Gasteiger partial charge in [-0.15, -0.1) is 0 Å². The lowest BCUT2D eigenvalue weighted by molar-refractivity contribution is -0.151. The molecule has 0 spiro atoms. The van der Waals surface area contributed by atoms with Crippen LogP contribution in [0.1, 0.15) is 207 Å². The lowest BCUT2D eigenvalue weighted by Crippen LogP contribution is -2.29. The monoisotopic (exact) mass is 770 g/mol. The summed E-state index contributed by atoms with van der Waals surface area (Å²) in [5.74, 6) is -0.0254. The van der Waals surface area contributed by atoms with E-state index in [0.717, 1.165) is 96.7 Å². The molecule has 0 heterocycles. The summed E-state index contributed by atoms with van der Waals surface area (Å²) in [6, 6.07) is 0. The van der Waals surface area contributed by atoms with Crippen molar-refractivity contribution >= 4 is 11.9 Å². The van der Waals surface area contributed by atoms with E-state index in [1.807, 2.05) is 0 Å². The van der Waals surface area contributed by atoms with E-state index in [2.05, 4.69) is 32.6 Å². The fourth-order valence-corrected chi connectivity index (χ4v) is 7.14. The number of esters is 2. The van der Waals surface area contributed by atoms with Crippen LogP contribution in [0.2, 0.25) is 0 Å². The van der Waals surface area contributed by atoms with Crippen molar-refractivity contribution in [3.8, 4) is 0 Å². The molecule has 0 radical (unpaired) electrons. The van der Waals surface area contributed by atoms with Crippen LogP contribution in [0.4, 0.5) is 0 Å². The molecule has 0 saturated heterocycles. The highest BCUT2D eigenvalue weighted by Gasteiger charge is 2.20. The van der Waals surface area contributed by atoms with E-state index >= 15 is 0 Å².